The van der Waals surface area contributed by atoms with Gasteiger partial charge in [0.05, 0.1) is 23.1 Å². The summed E-state index contributed by atoms with van der Waals surface area (Å²) < 4.78 is 35.5. The molecule has 1 fully saturated rings. The normalized spacial score (nSPS) is 14.6. The number of benzene rings is 3. The first-order valence-electron chi connectivity index (χ1n) is 15.2. The van der Waals surface area contributed by atoms with Crippen LogP contribution in [0.4, 0.5) is 5.69 Å². The van der Waals surface area contributed by atoms with Crippen molar-refractivity contribution in [3.63, 3.8) is 0 Å². The van der Waals surface area contributed by atoms with E-state index in [1.807, 2.05) is 24.4 Å². The van der Waals surface area contributed by atoms with Gasteiger partial charge in [-0.3, -0.25) is 9.52 Å². The highest BCUT2D eigenvalue weighted by molar-refractivity contribution is 7.92. The van der Waals surface area contributed by atoms with Gasteiger partial charge in [0.2, 0.25) is 5.91 Å². The van der Waals surface area contributed by atoms with Crippen molar-refractivity contribution in [2.75, 3.05) is 31.0 Å². The van der Waals surface area contributed by atoms with E-state index in [1.165, 1.54) is 12.1 Å². The van der Waals surface area contributed by atoms with Gasteiger partial charge in [-0.2, -0.15) is 0 Å². The Kier molecular flexibility index (Phi) is 9.91. The van der Waals surface area contributed by atoms with Crippen LogP contribution < -0.4 is 10.0 Å². The molecule has 10 nitrogen and oxygen atoms in total. The highest BCUT2D eigenvalue weighted by atomic mass is 32.2. The number of fused-ring (bicyclic) bond motifs is 1. The summed E-state index contributed by atoms with van der Waals surface area (Å²) in [6.45, 7) is 6.46. The molecule has 3 N–H and O–H groups in total. The van der Waals surface area contributed by atoms with Crippen LogP contribution in [0.15, 0.2) is 90.0 Å². The van der Waals surface area contributed by atoms with Crippen LogP contribution in [0.25, 0.3) is 10.9 Å². The number of β-amino-alcohol motifs (C(OH)–C–C–N with tert-alkyl or cyclic N) is 1. The van der Waals surface area contributed by atoms with Crippen LogP contribution in [0, 0.1) is 0 Å². The summed E-state index contributed by atoms with van der Waals surface area (Å²) in [7, 11) is -3.74. The van der Waals surface area contributed by atoms with Gasteiger partial charge in [0.25, 0.3) is 10.0 Å². The topological polar surface area (TPSA) is 130 Å². The number of carbonyl (C=O) groups excluding carboxylic acids is 2. The van der Waals surface area contributed by atoms with E-state index in [4.69, 9.17) is 4.74 Å². The second-order valence-corrected chi connectivity index (χ2v) is 13.7. The van der Waals surface area contributed by atoms with Gasteiger partial charge >= 0.3 is 5.97 Å². The maximum absolute atomic E-state index is 12.7. The minimum Gasteiger partial charge on any atom is -0.460 e. The molecule has 0 saturated carbocycles. The fraction of sp³-hybridized carbons (Fsp3) is 0.353. The smallest absolute Gasteiger partial charge is 0.338 e. The number of likely N-dealkylation sites (tertiary alicyclic amines) is 1. The molecule has 2 heterocycles. The highest BCUT2D eigenvalue weighted by Gasteiger charge is 2.22. The lowest BCUT2D eigenvalue weighted by atomic mass is 9.99. The molecule has 1 aromatic heterocycles. The number of rotatable bonds is 14. The molecule has 1 atom stereocenters. The third-order valence-electron chi connectivity index (χ3n) is 8.10. The predicted molar refractivity (Wildman–Crippen MR) is 173 cm³/mol. The van der Waals surface area contributed by atoms with Crippen LogP contribution in [0.1, 0.15) is 55.1 Å². The van der Waals surface area contributed by atoms with E-state index in [-0.39, 0.29) is 29.5 Å². The fourth-order valence-electron chi connectivity index (χ4n) is 5.40. The number of nitrogens with one attached hydrogen (secondary N) is 2. The van der Waals surface area contributed by atoms with E-state index in [2.05, 4.69) is 28.5 Å². The molecule has 1 aliphatic heterocycles. The quantitative estimate of drug-likeness (QED) is 0.172. The maximum Gasteiger partial charge on any atom is 0.338 e. The number of aryl methyl sites for hydroxylation is 1. The second kappa shape index (κ2) is 13.8. The third-order valence-corrected chi connectivity index (χ3v) is 9.50. The molecule has 4 aromatic rings. The molecule has 0 aliphatic carbocycles. The SMILES string of the molecule is CC(C)(CCn1ccc2cc(C(=O)OCCN3CCCC3=O)ccc21)NC[C@H](O)c1cccc(NS(=O)(=O)c2ccccc2)c1. The average Bonchev–Trinajstić information content (AvgIpc) is 3.64. The predicted octanol–water partition coefficient (Wildman–Crippen LogP) is 4.71. The monoisotopic (exact) mass is 632 g/mol. The molecule has 45 heavy (non-hydrogen) atoms. The zero-order valence-corrected chi connectivity index (χ0v) is 26.4. The molecule has 11 heteroatoms. The van der Waals surface area contributed by atoms with Crippen LogP contribution in [0.3, 0.4) is 0 Å². The Morgan fingerprint density at radius 3 is 2.58 bits per heavy atom. The standard InChI is InChI=1S/C34H40N4O6S/c1-34(2,35-24-31(39)26-8-6-9-28(23-26)36-45(42,43)29-10-4-3-5-11-29)16-19-37-18-15-25-22-27(13-14-30(25)37)33(41)44-21-20-38-17-7-12-32(38)40/h3-6,8-11,13-15,18,22-23,31,35-36,39H,7,12,16-17,19-21,24H2,1-2H3/t31-/m0/s1. The lowest BCUT2D eigenvalue weighted by Crippen LogP contribution is -2.42. The summed E-state index contributed by atoms with van der Waals surface area (Å²) >= 11 is 0. The van der Waals surface area contributed by atoms with Crippen molar-refractivity contribution in [3.05, 3.63) is 96.2 Å². The number of nitrogens with zero attached hydrogens (tertiary/aromatic N) is 2. The number of anilines is 1. The van der Waals surface area contributed by atoms with Crippen LogP contribution >= 0.6 is 0 Å². The zero-order valence-electron chi connectivity index (χ0n) is 25.6. The van der Waals surface area contributed by atoms with Gasteiger partial charge in [-0.25, -0.2) is 13.2 Å². The Bertz CT molecular complexity index is 1750. The molecule has 0 unspecified atom stereocenters. The van der Waals surface area contributed by atoms with E-state index < -0.39 is 22.1 Å². The lowest BCUT2D eigenvalue weighted by molar-refractivity contribution is -0.128. The third kappa shape index (κ3) is 8.30. The molecule has 0 radical (unpaired) electrons. The molecular formula is C34H40N4O6S. The van der Waals surface area contributed by atoms with E-state index >= 15 is 0 Å². The van der Waals surface area contributed by atoms with Crippen LogP contribution in [0.2, 0.25) is 0 Å². The number of hydrogen-bond donors (Lipinski definition) is 3. The summed E-state index contributed by atoms with van der Waals surface area (Å²) in [5, 5.41) is 15.3. The second-order valence-electron chi connectivity index (χ2n) is 12.0. The highest BCUT2D eigenvalue weighted by Crippen LogP contribution is 2.23. The molecule has 3 aromatic carbocycles. The Labute approximate surface area is 264 Å². The van der Waals surface area contributed by atoms with Gasteiger partial charge in [-0.15, -0.1) is 0 Å². The van der Waals surface area contributed by atoms with E-state index in [1.54, 1.807) is 53.4 Å². The summed E-state index contributed by atoms with van der Waals surface area (Å²) in [5.41, 5.74) is 2.14. The molecule has 1 aliphatic rings. The van der Waals surface area contributed by atoms with Crippen molar-refractivity contribution in [1.82, 2.24) is 14.8 Å². The summed E-state index contributed by atoms with van der Waals surface area (Å²) in [4.78, 5) is 26.2. The Morgan fingerprint density at radius 1 is 1.02 bits per heavy atom. The number of sulfonamides is 1. The largest absolute Gasteiger partial charge is 0.460 e. The van der Waals surface area contributed by atoms with Gasteiger partial charge in [-0.1, -0.05) is 30.3 Å². The van der Waals surface area contributed by atoms with Gasteiger partial charge < -0.3 is 24.6 Å². The van der Waals surface area contributed by atoms with Crippen molar-refractivity contribution >= 4 is 38.5 Å². The number of aromatic nitrogens is 1. The van der Waals surface area contributed by atoms with Crippen molar-refractivity contribution in [3.8, 4) is 0 Å². The molecule has 5 rings (SSSR count). The molecule has 1 saturated heterocycles. The summed E-state index contributed by atoms with van der Waals surface area (Å²) in [5.74, 6) is -0.292. The summed E-state index contributed by atoms with van der Waals surface area (Å²) in [6.07, 6.45) is 3.33. The number of carbonyl (C=O) groups is 2. The number of esters is 1. The average molecular weight is 633 g/mol. The fourth-order valence-corrected chi connectivity index (χ4v) is 6.47. The molecule has 0 spiro atoms. The van der Waals surface area contributed by atoms with Crippen LogP contribution in [-0.4, -0.2) is 66.6 Å². The van der Waals surface area contributed by atoms with Gasteiger partial charge in [0.1, 0.15) is 6.61 Å². The number of ether oxygens (including phenoxy) is 1. The van der Waals surface area contributed by atoms with E-state index in [0.29, 0.717) is 36.3 Å². The Hall–Kier alpha value is -4.19. The van der Waals surface area contributed by atoms with Gasteiger partial charge in [-0.05, 0) is 80.8 Å². The number of aliphatic hydroxyl groups excluding tert-OH is 1. The molecule has 0 bridgehead atoms. The first kappa shape index (κ1) is 32.2. The first-order chi connectivity index (χ1) is 21.5. The van der Waals surface area contributed by atoms with E-state index in [0.717, 1.165) is 30.3 Å². The Balaban J connectivity index is 1.12. The van der Waals surface area contributed by atoms with Gasteiger partial charge in [0.15, 0.2) is 0 Å². The molecular weight excluding hydrogens is 592 g/mol. The van der Waals surface area contributed by atoms with Crippen LogP contribution in [-0.2, 0) is 26.1 Å². The van der Waals surface area contributed by atoms with E-state index in [9.17, 15) is 23.1 Å². The molecule has 238 valence electrons. The maximum atomic E-state index is 12.7. The minimum atomic E-state index is -3.74. The van der Waals surface area contributed by atoms with Crippen molar-refractivity contribution in [2.45, 2.75) is 56.2 Å². The van der Waals surface area contributed by atoms with Crippen LogP contribution in [0.5, 0.6) is 0 Å². The number of aliphatic hydroxyl groups is 1. The first-order valence-corrected chi connectivity index (χ1v) is 16.6. The summed E-state index contributed by atoms with van der Waals surface area (Å²) in [6, 6.07) is 22.4. The van der Waals surface area contributed by atoms with Crippen molar-refractivity contribution in [2.24, 2.45) is 0 Å². The van der Waals surface area contributed by atoms with Gasteiger partial charge in [0, 0.05) is 54.4 Å². The lowest BCUT2D eigenvalue weighted by Gasteiger charge is -2.28. The minimum absolute atomic E-state index is 0.111. The number of amides is 1. The Morgan fingerprint density at radius 2 is 1.82 bits per heavy atom. The van der Waals surface area contributed by atoms with Crippen molar-refractivity contribution < 1.29 is 27.9 Å². The van der Waals surface area contributed by atoms with Crippen molar-refractivity contribution in [1.29, 1.82) is 0 Å². The zero-order chi connectivity index (χ0) is 32.0. The molecule has 1 amide bonds. The number of hydrogen-bond acceptors (Lipinski definition) is 7.